The zero-order valence-corrected chi connectivity index (χ0v) is 3.60. The van der Waals surface area contributed by atoms with Gasteiger partial charge in [-0.1, -0.05) is 0 Å². The summed E-state index contributed by atoms with van der Waals surface area (Å²) in [6, 6.07) is 0. The van der Waals surface area contributed by atoms with Crippen molar-refractivity contribution in [1.29, 1.82) is 0 Å². The molecule has 0 amide bonds. The van der Waals surface area contributed by atoms with E-state index in [2.05, 4.69) is 15.9 Å². The molecule has 0 atom stereocenters. The molecule has 1 rings (SSSR count). The summed E-state index contributed by atoms with van der Waals surface area (Å²) in [6.45, 7) is 0. The molecule has 0 bridgehead atoms. The van der Waals surface area contributed by atoms with E-state index in [0.29, 0.717) is 5.69 Å². The van der Waals surface area contributed by atoms with Crippen LogP contribution in [0.5, 0.6) is 0 Å². The molecule has 1 heterocycles. The molecule has 0 aromatic carbocycles. The predicted molar refractivity (Wildman–Crippen MR) is 24.8 cm³/mol. The number of imidazole rings is 1. The van der Waals surface area contributed by atoms with E-state index < -0.39 is 0 Å². The van der Waals surface area contributed by atoms with Gasteiger partial charge in [0.15, 0.2) is 0 Å². The summed E-state index contributed by atoms with van der Waals surface area (Å²) in [5.41, 5.74) is 0.611. The first-order valence-electron chi connectivity index (χ1n) is 1.84. The van der Waals surface area contributed by atoms with Gasteiger partial charge in [0, 0.05) is 0 Å². The number of nitrogens with one attached hydrogen (secondary N) is 1. The van der Waals surface area contributed by atoms with E-state index in [-0.39, 0.29) is 0 Å². The summed E-state index contributed by atoms with van der Waals surface area (Å²) in [5, 5.41) is 0. The Kier molecular flexibility index (Phi) is 0.833. The number of rotatable bonds is 0. The Morgan fingerprint density at radius 2 is 2.71 bits per heavy atom. The average Bonchev–Trinajstić information content (AvgIpc) is 2.14. The Morgan fingerprint density at radius 3 is 3.00 bits per heavy atom. The van der Waals surface area contributed by atoms with Crippen LogP contribution in [0.1, 0.15) is 5.69 Å². The molecule has 0 unspecified atom stereocenters. The molecule has 0 aliphatic rings. The molecule has 0 spiro atoms. The Balaban J connectivity index is 3.04. The summed E-state index contributed by atoms with van der Waals surface area (Å²) >= 11 is 0. The molecular formula is C5H3N2. The molecule has 1 N–H and O–H groups in total. The van der Waals surface area contributed by atoms with E-state index in [4.69, 9.17) is 6.42 Å². The van der Waals surface area contributed by atoms with Crippen LogP contribution >= 0.6 is 0 Å². The van der Waals surface area contributed by atoms with Crippen LogP contribution in [0.3, 0.4) is 0 Å². The third-order valence-corrected chi connectivity index (χ3v) is 0.633. The van der Waals surface area contributed by atoms with Crippen molar-refractivity contribution >= 4 is 0 Å². The standard InChI is InChI=1S/C5H3N2/c1-2-5-3-6-4-7-5/h3-4H,(H,6,7). The van der Waals surface area contributed by atoms with Gasteiger partial charge in [0.05, 0.1) is 12.5 Å². The molecule has 0 fully saturated rings. The highest BCUT2D eigenvalue weighted by Gasteiger charge is 1.79. The van der Waals surface area contributed by atoms with Gasteiger partial charge in [-0.25, -0.2) is 4.98 Å². The second-order valence-corrected chi connectivity index (χ2v) is 1.09. The lowest BCUT2D eigenvalue weighted by molar-refractivity contribution is 1.30. The fourth-order valence-electron chi connectivity index (χ4n) is 0.324. The molecule has 1 radical (unpaired) electrons. The smallest absolute Gasteiger partial charge is 0.110 e. The molecule has 1 aromatic heterocycles. The van der Waals surface area contributed by atoms with Crippen molar-refractivity contribution in [3.63, 3.8) is 0 Å². The van der Waals surface area contributed by atoms with Gasteiger partial charge in [-0.2, -0.15) is 0 Å². The molecule has 2 heteroatoms. The van der Waals surface area contributed by atoms with Crippen LogP contribution in [0.2, 0.25) is 0 Å². The van der Waals surface area contributed by atoms with Crippen LogP contribution in [0.15, 0.2) is 12.5 Å². The number of hydrogen-bond donors (Lipinski definition) is 1. The Bertz CT molecular complexity index is 168. The van der Waals surface area contributed by atoms with Gasteiger partial charge in [0.25, 0.3) is 0 Å². The maximum atomic E-state index is 6.54. The number of aromatic nitrogens is 2. The molecular weight excluding hydrogens is 88.1 g/mol. The monoisotopic (exact) mass is 91.0 g/mol. The second kappa shape index (κ2) is 1.48. The summed E-state index contributed by atoms with van der Waals surface area (Å²) < 4.78 is 0. The van der Waals surface area contributed by atoms with E-state index >= 15 is 0 Å². The van der Waals surface area contributed by atoms with Crippen LogP contribution in [-0.4, -0.2) is 9.97 Å². The van der Waals surface area contributed by atoms with Crippen LogP contribution in [0.4, 0.5) is 0 Å². The molecule has 33 valence electrons. The predicted octanol–water partition coefficient (Wildman–Crippen LogP) is 0.348. The maximum absolute atomic E-state index is 6.54. The van der Waals surface area contributed by atoms with Gasteiger partial charge in [-0.05, 0) is 12.3 Å². The van der Waals surface area contributed by atoms with Crippen molar-refractivity contribution in [3.8, 4) is 5.92 Å². The summed E-state index contributed by atoms with van der Waals surface area (Å²) in [4.78, 5) is 6.33. The number of nitrogens with zero attached hydrogens (tertiary/aromatic N) is 1. The van der Waals surface area contributed by atoms with Crippen LogP contribution in [0, 0.1) is 12.3 Å². The minimum absolute atomic E-state index is 0.611. The fourth-order valence-corrected chi connectivity index (χ4v) is 0.324. The first-order chi connectivity index (χ1) is 3.43. The highest BCUT2D eigenvalue weighted by molar-refractivity contribution is 5.16. The van der Waals surface area contributed by atoms with Crippen molar-refractivity contribution < 1.29 is 0 Å². The highest BCUT2D eigenvalue weighted by Crippen LogP contribution is 1.82. The van der Waals surface area contributed by atoms with Crippen molar-refractivity contribution in [2.45, 2.75) is 0 Å². The average molecular weight is 91.1 g/mol. The Labute approximate surface area is 41.6 Å². The van der Waals surface area contributed by atoms with Crippen molar-refractivity contribution in [1.82, 2.24) is 9.97 Å². The van der Waals surface area contributed by atoms with Gasteiger partial charge in [-0.3, -0.25) is 0 Å². The van der Waals surface area contributed by atoms with Crippen LogP contribution in [0.25, 0.3) is 0 Å². The topological polar surface area (TPSA) is 28.7 Å². The molecule has 0 saturated heterocycles. The van der Waals surface area contributed by atoms with E-state index in [0.717, 1.165) is 0 Å². The van der Waals surface area contributed by atoms with Crippen molar-refractivity contribution in [2.75, 3.05) is 0 Å². The van der Waals surface area contributed by atoms with Crippen molar-refractivity contribution in [3.05, 3.63) is 24.6 Å². The normalized spacial score (nSPS) is 7.86. The fraction of sp³-hybridized carbons (Fsp3) is 0. The zero-order valence-electron chi connectivity index (χ0n) is 3.60. The highest BCUT2D eigenvalue weighted by atomic mass is 14.8. The van der Waals surface area contributed by atoms with Gasteiger partial charge in [-0.15, -0.1) is 0 Å². The Morgan fingerprint density at radius 1 is 1.86 bits per heavy atom. The van der Waals surface area contributed by atoms with E-state index in [1.807, 2.05) is 0 Å². The lowest BCUT2D eigenvalue weighted by Gasteiger charge is -1.67. The summed E-state index contributed by atoms with van der Waals surface area (Å²) in [6.07, 6.45) is 9.58. The SMILES string of the molecule is [C]#Cc1cnc[nH]1. The van der Waals surface area contributed by atoms with E-state index in [9.17, 15) is 0 Å². The number of H-pyrrole nitrogens is 1. The third kappa shape index (κ3) is 0.606. The van der Waals surface area contributed by atoms with Gasteiger partial charge in [0.2, 0.25) is 0 Å². The van der Waals surface area contributed by atoms with Crippen LogP contribution in [-0.2, 0) is 0 Å². The van der Waals surface area contributed by atoms with E-state index in [1.54, 1.807) is 0 Å². The Hall–Kier alpha value is -1.23. The molecule has 0 saturated carbocycles. The zero-order chi connectivity index (χ0) is 5.11. The molecule has 1 aromatic rings. The summed E-state index contributed by atoms with van der Waals surface area (Å²) in [5.74, 6) is 2.14. The number of hydrogen-bond acceptors (Lipinski definition) is 1. The van der Waals surface area contributed by atoms with Crippen LogP contribution < -0.4 is 0 Å². The summed E-state index contributed by atoms with van der Waals surface area (Å²) in [7, 11) is 0. The first kappa shape index (κ1) is 3.94. The van der Waals surface area contributed by atoms with Gasteiger partial charge in [0.1, 0.15) is 5.69 Å². The molecule has 0 aliphatic heterocycles. The lowest BCUT2D eigenvalue weighted by Crippen LogP contribution is -1.64. The van der Waals surface area contributed by atoms with Gasteiger partial charge < -0.3 is 4.98 Å². The van der Waals surface area contributed by atoms with Crippen molar-refractivity contribution in [2.24, 2.45) is 0 Å². The first-order valence-corrected chi connectivity index (χ1v) is 1.84. The molecule has 0 aliphatic carbocycles. The minimum atomic E-state index is 0.611. The lowest BCUT2D eigenvalue weighted by atomic mass is 10.5. The second-order valence-electron chi connectivity index (χ2n) is 1.09. The minimum Gasteiger partial charge on any atom is -0.338 e. The quantitative estimate of drug-likeness (QED) is 0.458. The number of aromatic amines is 1. The molecule has 7 heavy (non-hydrogen) atoms. The third-order valence-electron chi connectivity index (χ3n) is 0.633. The van der Waals surface area contributed by atoms with E-state index in [1.165, 1.54) is 12.5 Å². The molecule has 2 nitrogen and oxygen atoms in total. The van der Waals surface area contributed by atoms with Gasteiger partial charge >= 0.3 is 0 Å². The largest absolute Gasteiger partial charge is 0.338 e. The maximum Gasteiger partial charge on any atom is 0.110 e.